The van der Waals surface area contributed by atoms with Crippen LogP contribution in [0.5, 0.6) is 11.5 Å². The number of rotatable bonds is 10. The molecule has 2 aromatic carbocycles. The van der Waals surface area contributed by atoms with Gasteiger partial charge in [0.05, 0.1) is 39.8 Å². The number of carbonyl (C=O) groups excluding carboxylic acids is 1. The van der Waals surface area contributed by atoms with E-state index in [9.17, 15) is 24.5 Å². The van der Waals surface area contributed by atoms with Crippen molar-refractivity contribution < 1.29 is 19.2 Å². The summed E-state index contributed by atoms with van der Waals surface area (Å²) in [6, 6.07) is 10.2. The van der Waals surface area contributed by atoms with Crippen LogP contribution < -0.4 is 29.9 Å². The van der Waals surface area contributed by atoms with E-state index in [1.54, 1.807) is 55.2 Å². The van der Waals surface area contributed by atoms with E-state index in [2.05, 4.69) is 9.97 Å². The molecule has 1 amide bonds. The molecular formula is C32H32N6O7S2. The first kappa shape index (κ1) is 33.3. The lowest BCUT2D eigenvalue weighted by Crippen LogP contribution is -2.43. The van der Waals surface area contributed by atoms with Crippen molar-refractivity contribution in [2.24, 2.45) is 4.99 Å². The van der Waals surface area contributed by atoms with Crippen LogP contribution in [0.3, 0.4) is 0 Å². The van der Waals surface area contributed by atoms with Gasteiger partial charge in [0.1, 0.15) is 17.5 Å². The Morgan fingerprint density at radius 1 is 1.13 bits per heavy atom. The summed E-state index contributed by atoms with van der Waals surface area (Å²) in [4.78, 5) is 65.4. The number of H-pyrrole nitrogens is 1. The average Bonchev–Trinajstić information content (AvgIpc) is 3.34. The molecule has 1 aliphatic rings. The molecule has 2 aromatic heterocycles. The summed E-state index contributed by atoms with van der Waals surface area (Å²) in [5, 5.41) is 12.3. The van der Waals surface area contributed by atoms with E-state index < -0.39 is 16.5 Å². The predicted molar refractivity (Wildman–Crippen MR) is 178 cm³/mol. The molecule has 3 heterocycles. The third-order valence-corrected chi connectivity index (χ3v) is 9.50. The Bertz CT molecular complexity index is 2170. The van der Waals surface area contributed by atoms with Crippen LogP contribution in [0.1, 0.15) is 43.6 Å². The number of methoxy groups -OCH3 is 2. The van der Waals surface area contributed by atoms with Crippen LogP contribution in [0.25, 0.3) is 6.08 Å². The van der Waals surface area contributed by atoms with Crippen molar-refractivity contribution in [1.29, 1.82) is 0 Å². The van der Waals surface area contributed by atoms with E-state index in [0.29, 0.717) is 57.5 Å². The molecule has 1 N–H and O–H groups in total. The second kappa shape index (κ2) is 13.8. The average molecular weight is 677 g/mol. The van der Waals surface area contributed by atoms with Crippen LogP contribution in [-0.2, 0) is 4.79 Å². The van der Waals surface area contributed by atoms with Gasteiger partial charge in [0.25, 0.3) is 22.7 Å². The van der Waals surface area contributed by atoms with Crippen LogP contribution in [-0.4, -0.2) is 57.6 Å². The maximum absolute atomic E-state index is 14.2. The number of nitrogens with one attached hydrogen (secondary N) is 1. The van der Waals surface area contributed by atoms with Crippen molar-refractivity contribution in [3.05, 3.63) is 111 Å². The highest BCUT2D eigenvalue weighted by atomic mass is 32.2. The van der Waals surface area contributed by atoms with E-state index in [4.69, 9.17) is 14.5 Å². The molecule has 244 valence electrons. The Morgan fingerprint density at radius 2 is 1.87 bits per heavy atom. The SMILES string of the molecule is CCN(CC)C(=O)C1=C(C)N=c2s/c(=C\c3ccc(Sc4nc(C)cc(=O)[nH]4)c([N+](=O)[O-])c3)c(=O)n2[C@@H]1c1cc(OC)ccc1OC. The Labute approximate surface area is 277 Å². The first-order valence-electron chi connectivity index (χ1n) is 14.6. The number of thiazole rings is 1. The number of hydrogen-bond donors (Lipinski definition) is 1. The Balaban J connectivity index is 1.68. The van der Waals surface area contributed by atoms with E-state index >= 15 is 0 Å². The molecule has 5 rings (SSSR count). The number of benzene rings is 2. The van der Waals surface area contributed by atoms with E-state index in [-0.39, 0.29) is 31.7 Å². The van der Waals surface area contributed by atoms with Gasteiger partial charge in [-0.3, -0.25) is 29.1 Å². The van der Waals surface area contributed by atoms with Gasteiger partial charge in [-0.25, -0.2) is 9.98 Å². The molecule has 1 aliphatic heterocycles. The number of amides is 1. The second-order valence-electron chi connectivity index (χ2n) is 10.4. The zero-order chi connectivity index (χ0) is 34.0. The fourth-order valence-electron chi connectivity index (χ4n) is 5.33. The molecule has 0 saturated carbocycles. The minimum Gasteiger partial charge on any atom is -0.497 e. The summed E-state index contributed by atoms with van der Waals surface area (Å²) in [5.74, 6) is 0.717. The Morgan fingerprint density at radius 3 is 2.51 bits per heavy atom. The topological polar surface area (TPSA) is 162 Å². The molecule has 4 aromatic rings. The van der Waals surface area contributed by atoms with E-state index in [1.165, 1.54) is 30.9 Å². The van der Waals surface area contributed by atoms with Gasteiger partial charge in [-0.05, 0) is 75.4 Å². The lowest BCUT2D eigenvalue weighted by atomic mass is 9.93. The number of allylic oxidation sites excluding steroid dienone is 1. The highest BCUT2D eigenvalue weighted by Crippen LogP contribution is 2.38. The number of carbonyl (C=O) groups is 1. The summed E-state index contributed by atoms with van der Waals surface area (Å²) >= 11 is 2.07. The largest absolute Gasteiger partial charge is 0.497 e. The first-order valence-corrected chi connectivity index (χ1v) is 16.2. The molecule has 0 fully saturated rings. The minimum atomic E-state index is -0.886. The van der Waals surface area contributed by atoms with Crippen molar-refractivity contribution >= 4 is 40.8 Å². The highest BCUT2D eigenvalue weighted by Gasteiger charge is 2.36. The standard InChI is InChI=1S/C32H32N6O7S2/c1-7-36(8-2)30(41)27-18(4)34-32-37(28(27)21-16-20(44-5)10-11-23(21)45-6)29(40)25(47-32)15-19-9-12-24(22(14-19)38(42)43)46-31-33-17(3)13-26(39)35-31/h9-16,28H,7-8H2,1-6H3,(H,33,35,39)/b25-15-/t28-/m1/s1. The van der Waals surface area contributed by atoms with Crippen LogP contribution in [0.2, 0.25) is 0 Å². The maximum atomic E-state index is 14.2. The third-order valence-electron chi connectivity index (χ3n) is 7.57. The van der Waals surface area contributed by atoms with Gasteiger partial charge in [-0.1, -0.05) is 17.4 Å². The zero-order valence-electron chi connectivity index (χ0n) is 26.5. The number of nitrogens with zero attached hydrogens (tertiary/aromatic N) is 5. The summed E-state index contributed by atoms with van der Waals surface area (Å²) in [5.41, 5.74) is 1.21. The number of likely N-dealkylation sites (N-methyl/N-ethyl adjacent to an activating group) is 1. The van der Waals surface area contributed by atoms with Gasteiger partial charge in [0.15, 0.2) is 9.96 Å². The molecule has 0 radical (unpaired) electrons. The number of nitro benzene ring substituents is 1. The molecule has 47 heavy (non-hydrogen) atoms. The summed E-state index contributed by atoms with van der Waals surface area (Å²) in [7, 11) is 3.04. The lowest BCUT2D eigenvalue weighted by Gasteiger charge is -2.30. The molecule has 0 bridgehead atoms. The maximum Gasteiger partial charge on any atom is 0.283 e. The first-order chi connectivity index (χ1) is 22.5. The predicted octanol–water partition coefficient (Wildman–Crippen LogP) is 3.57. The quantitative estimate of drug-likeness (QED) is 0.150. The summed E-state index contributed by atoms with van der Waals surface area (Å²) in [6.45, 7) is 8.08. The van der Waals surface area contributed by atoms with Crippen molar-refractivity contribution in [3.8, 4) is 11.5 Å². The van der Waals surface area contributed by atoms with Gasteiger partial charge in [-0.2, -0.15) is 0 Å². The van der Waals surface area contributed by atoms with Gasteiger partial charge >= 0.3 is 0 Å². The van der Waals surface area contributed by atoms with Crippen LogP contribution >= 0.6 is 23.1 Å². The van der Waals surface area contributed by atoms with Crippen molar-refractivity contribution in [3.63, 3.8) is 0 Å². The minimum absolute atomic E-state index is 0.220. The highest BCUT2D eigenvalue weighted by molar-refractivity contribution is 7.99. The van der Waals surface area contributed by atoms with Gasteiger partial charge < -0.3 is 19.4 Å². The van der Waals surface area contributed by atoms with Crippen molar-refractivity contribution in [2.45, 2.75) is 43.8 Å². The number of fused-ring (bicyclic) bond motifs is 1. The molecule has 1 atom stereocenters. The van der Waals surface area contributed by atoms with E-state index in [1.807, 2.05) is 13.8 Å². The third kappa shape index (κ3) is 6.62. The van der Waals surface area contributed by atoms with Crippen LogP contribution in [0, 0.1) is 17.0 Å². The number of nitro groups is 1. The van der Waals surface area contributed by atoms with Crippen LogP contribution in [0.4, 0.5) is 5.69 Å². The summed E-state index contributed by atoms with van der Waals surface area (Å²) in [6.07, 6.45) is 1.56. The number of aryl methyl sites for hydroxylation is 1. The molecular weight excluding hydrogens is 645 g/mol. The van der Waals surface area contributed by atoms with Gasteiger partial charge in [0.2, 0.25) is 0 Å². The van der Waals surface area contributed by atoms with Crippen molar-refractivity contribution in [2.75, 3.05) is 27.3 Å². The molecule has 15 heteroatoms. The zero-order valence-corrected chi connectivity index (χ0v) is 28.2. The molecule has 0 saturated heterocycles. The molecule has 13 nitrogen and oxygen atoms in total. The van der Waals surface area contributed by atoms with Gasteiger partial charge in [-0.15, -0.1) is 0 Å². The van der Waals surface area contributed by atoms with Crippen molar-refractivity contribution in [1.82, 2.24) is 19.4 Å². The smallest absolute Gasteiger partial charge is 0.283 e. The second-order valence-corrected chi connectivity index (χ2v) is 12.5. The van der Waals surface area contributed by atoms with Crippen LogP contribution in [0.15, 0.2) is 78.4 Å². The summed E-state index contributed by atoms with van der Waals surface area (Å²) < 4.78 is 12.9. The number of ether oxygens (including phenoxy) is 2. The number of aromatic nitrogens is 3. The fourth-order valence-corrected chi connectivity index (χ4v) is 7.30. The van der Waals surface area contributed by atoms with Gasteiger partial charge in [0, 0.05) is 36.5 Å². The fraction of sp³-hybridized carbons (Fsp3) is 0.281. The number of hydrogen-bond acceptors (Lipinski definition) is 11. The Hall–Kier alpha value is -5.02. The number of aromatic amines is 1. The molecule has 0 spiro atoms. The monoisotopic (exact) mass is 676 g/mol. The lowest BCUT2D eigenvalue weighted by molar-refractivity contribution is -0.387. The Kier molecular flexibility index (Phi) is 9.77. The molecule has 0 unspecified atom stereocenters. The van der Waals surface area contributed by atoms with E-state index in [0.717, 1.165) is 23.1 Å². The molecule has 0 aliphatic carbocycles. The normalized spacial score (nSPS) is 14.4.